The molecule has 2 fully saturated rings. The van der Waals surface area contributed by atoms with Gasteiger partial charge in [-0.3, -0.25) is 0 Å². The van der Waals surface area contributed by atoms with E-state index in [4.69, 9.17) is 4.74 Å². The number of rotatable bonds is 2. The van der Waals surface area contributed by atoms with E-state index in [1.54, 1.807) is 0 Å². The lowest BCUT2D eigenvalue weighted by atomic mass is 10.0. The molecule has 1 atom stereocenters. The van der Waals surface area contributed by atoms with Crippen LogP contribution in [0.2, 0.25) is 0 Å². The Morgan fingerprint density at radius 1 is 1.40 bits per heavy atom. The predicted octanol–water partition coefficient (Wildman–Crippen LogP) is 1.41. The lowest BCUT2D eigenvalue weighted by Gasteiger charge is -2.25. The van der Waals surface area contributed by atoms with Crippen molar-refractivity contribution >= 4 is 6.03 Å². The van der Waals surface area contributed by atoms with E-state index in [1.165, 1.54) is 12.8 Å². The van der Waals surface area contributed by atoms with Crippen molar-refractivity contribution < 1.29 is 9.53 Å². The maximum absolute atomic E-state index is 11.7. The number of carbonyl (C=O) groups is 1. The molecule has 1 heterocycles. The van der Waals surface area contributed by atoms with Gasteiger partial charge in [-0.2, -0.15) is 0 Å². The van der Waals surface area contributed by atoms with E-state index in [0.717, 1.165) is 25.9 Å². The standard InChI is InChI=1S/C11H20N2O2/c1-11(6-7-15-8-11)13-10(14)12-9-4-2-3-5-9/h9H,2-8H2,1H3,(H2,12,13,14). The second-order valence-corrected chi connectivity index (χ2v) is 4.94. The van der Waals surface area contributed by atoms with Gasteiger partial charge in [-0.15, -0.1) is 0 Å². The Morgan fingerprint density at radius 2 is 2.13 bits per heavy atom. The third-order valence-corrected chi connectivity index (χ3v) is 3.32. The molecular weight excluding hydrogens is 192 g/mol. The van der Waals surface area contributed by atoms with Crippen LogP contribution in [-0.2, 0) is 4.74 Å². The number of nitrogens with one attached hydrogen (secondary N) is 2. The average Bonchev–Trinajstić information content (AvgIpc) is 2.76. The van der Waals surface area contributed by atoms with Crippen LogP contribution in [0.3, 0.4) is 0 Å². The highest BCUT2D eigenvalue weighted by Gasteiger charge is 2.31. The lowest BCUT2D eigenvalue weighted by Crippen LogP contribution is -2.52. The number of hydrogen-bond acceptors (Lipinski definition) is 2. The highest BCUT2D eigenvalue weighted by atomic mass is 16.5. The van der Waals surface area contributed by atoms with Gasteiger partial charge in [-0.1, -0.05) is 12.8 Å². The highest BCUT2D eigenvalue weighted by Crippen LogP contribution is 2.19. The van der Waals surface area contributed by atoms with E-state index in [1.807, 2.05) is 6.92 Å². The van der Waals surface area contributed by atoms with Crippen LogP contribution in [0.4, 0.5) is 4.79 Å². The molecule has 2 amide bonds. The molecule has 0 aromatic rings. The van der Waals surface area contributed by atoms with Gasteiger partial charge in [0.05, 0.1) is 12.1 Å². The van der Waals surface area contributed by atoms with Gasteiger partial charge in [0.15, 0.2) is 0 Å². The predicted molar refractivity (Wildman–Crippen MR) is 57.8 cm³/mol. The minimum Gasteiger partial charge on any atom is -0.379 e. The third kappa shape index (κ3) is 2.84. The highest BCUT2D eigenvalue weighted by molar-refractivity contribution is 5.75. The first-order valence-electron chi connectivity index (χ1n) is 5.84. The van der Waals surface area contributed by atoms with Crippen LogP contribution >= 0.6 is 0 Å². The molecule has 2 rings (SSSR count). The van der Waals surface area contributed by atoms with Gasteiger partial charge in [0.2, 0.25) is 0 Å². The smallest absolute Gasteiger partial charge is 0.315 e. The Kier molecular flexibility index (Phi) is 3.14. The van der Waals surface area contributed by atoms with Crippen LogP contribution in [0.25, 0.3) is 0 Å². The molecule has 0 aromatic heterocycles. The van der Waals surface area contributed by atoms with Crippen LogP contribution in [0.15, 0.2) is 0 Å². The summed E-state index contributed by atoms with van der Waals surface area (Å²) in [7, 11) is 0. The minimum absolute atomic E-state index is 0.0325. The first-order valence-corrected chi connectivity index (χ1v) is 5.84. The SMILES string of the molecule is CC1(NC(=O)NC2CCCC2)CCOC1. The zero-order chi connectivity index (χ0) is 10.7. The number of hydrogen-bond donors (Lipinski definition) is 2. The maximum atomic E-state index is 11.7. The third-order valence-electron chi connectivity index (χ3n) is 3.32. The fourth-order valence-electron chi connectivity index (χ4n) is 2.33. The molecule has 0 spiro atoms. The molecule has 86 valence electrons. The molecular formula is C11H20N2O2. The molecule has 1 saturated carbocycles. The molecule has 4 nitrogen and oxygen atoms in total. The second kappa shape index (κ2) is 4.39. The van der Waals surface area contributed by atoms with Gasteiger partial charge in [0.1, 0.15) is 0 Å². The zero-order valence-corrected chi connectivity index (χ0v) is 9.34. The number of amides is 2. The summed E-state index contributed by atoms with van der Waals surface area (Å²) in [5.74, 6) is 0. The number of ether oxygens (including phenoxy) is 1. The topological polar surface area (TPSA) is 50.4 Å². The summed E-state index contributed by atoms with van der Waals surface area (Å²) in [6.45, 7) is 3.42. The zero-order valence-electron chi connectivity index (χ0n) is 9.34. The van der Waals surface area contributed by atoms with Gasteiger partial charge in [-0.05, 0) is 26.2 Å². The van der Waals surface area contributed by atoms with Crippen molar-refractivity contribution in [1.29, 1.82) is 0 Å². The van der Waals surface area contributed by atoms with Gasteiger partial charge in [0.25, 0.3) is 0 Å². The van der Waals surface area contributed by atoms with E-state index >= 15 is 0 Å². The molecule has 2 N–H and O–H groups in total. The summed E-state index contributed by atoms with van der Waals surface area (Å²) in [6, 6.07) is 0.353. The Morgan fingerprint density at radius 3 is 2.73 bits per heavy atom. The van der Waals surface area contributed by atoms with Gasteiger partial charge < -0.3 is 15.4 Å². The van der Waals surface area contributed by atoms with Crippen molar-refractivity contribution in [2.45, 2.75) is 50.6 Å². The summed E-state index contributed by atoms with van der Waals surface area (Å²) in [5.41, 5.74) is -0.164. The first kappa shape index (κ1) is 10.7. The van der Waals surface area contributed by atoms with Crippen LogP contribution in [0.5, 0.6) is 0 Å². The molecule has 0 aromatic carbocycles. The normalized spacial score (nSPS) is 31.8. The lowest BCUT2D eigenvalue weighted by molar-refractivity contribution is 0.170. The molecule has 4 heteroatoms. The van der Waals surface area contributed by atoms with Gasteiger partial charge >= 0.3 is 6.03 Å². The largest absolute Gasteiger partial charge is 0.379 e. The Balaban J connectivity index is 1.76. The average molecular weight is 212 g/mol. The summed E-state index contributed by atoms with van der Waals surface area (Å²) >= 11 is 0. The van der Waals surface area contributed by atoms with Crippen molar-refractivity contribution in [3.63, 3.8) is 0 Å². The summed E-state index contributed by atoms with van der Waals surface area (Å²) < 4.78 is 5.29. The fraction of sp³-hybridized carbons (Fsp3) is 0.909. The van der Waals surface area contributed by atoms with Crippen molar-refractivity contribution in [2.24, 2.45) is 0 Å². The summed E-state index contributed by atoms with van der Waals surface area (Å²) in [4.78, 5) is 11.7. The second-order valence-electron chi connectivity index (χ2n) is 4.94. The number of carbonyl (C=O) groups excluding carboxylic acids is 1. The molecule has 0 bridgehead atoms. The summed E-state index contributed by atoms with van der Waals surface area (Å²) in [6.07, 6.45) is 5.64. The Bertz CT molecular complexity index is 231. The van der Waals surface area contributed by atoms with Gasteiger partial charge in [0, 0.05) is 12.6 Å². The first-order chi connectivity index (χ1) is 7.18. The van der Waals surface area contributed by atoms with Crippen molar-refractivity contribution in [2.75, 3.05) is 13.2 Å². The van der Waals surface area contributed by atoms with E-state index in [-0.39, 0.29) is 11.6 Å². The van der Waals surface area contributed by atoms with Crippen molar-refractivity contribution in [3.05, 3.63) is 0 Å². The van der Waals surface area contributed by atoms with E-state index in [0.29, 0.717) is 12.6 Å². The minimum atomic E-state index is -0.164. The molecule has 0 radical (unpaired) electrons. The number of urea groups is 1. The monoisotopic (exact) mass is 212 g/mol. The van der Waals surface area contributed by atoms with Crippen molar-refractivity contribution in [1.82, 2.24) is 10.6 Å². The van der Waals surface area contributed by atoms with E-state index in [9.17, 15) is 4.79 Å². The van der Waals surface area contributed by atoms with Crippen LogP contribution < -0.4 is 10.6 Å². The molecule has 1 aliphatic heterocycles. The van der Waals surface area contributed by atoms with E-state index in [2.05, 4.69) is 10.6 Å². The fourth-order valence-corrected chi connectivity index (χ4v) is 2.33. The molecule has 15 heavy (non-hydrogen) atoms. The molecule has 1 aliphatic carbocycles. The van der Waals surface area contributed by atoms with Crippen LogP contribution in [0, 0.1) is 0 Å². The summed E-state index contributed by atoms with van der Waals surface area (Å²) in [5, 5.41) is 6.03. The molecule has 1 saturated heterocycles. The molecule has 2 aliphatic rings. The van der Waals surface area contributed by atoms with E-state index < -0.39 is 0 Å². The maximum Gasteiger partial charge on any atom is 0.315 e. The van der Waals surface area contributed by atoms with Crippen molar-refractivity contribution in [3.8, 4) is 0 Å². The Hall–Kier alpha value is -0.770. The molecule has 1 unspecified atom stereocenters. The van der Waals surface area contributed by atoms with Crippen LogP contribution in [0.1, 0.15) is 39.0 Å². The quantitative estimate of drug-likeness (QED) is 0.727. The Labute approximate surface area is 90.8 Å². The van der Waals surface area contributed by atoms with Gasteiger partial charge in [-0.25, -0.2) is 4.79 Å². The van der Waals surface area contributed by atoms with Crippen LogP contribution in [-0.4, -0.2) is 30.8 Å².